The fourth-order valence-electron chi connectivity index (χ4n) is 2.97. The largest absolute Gasteiger partial charge is 0.456 e. The Bertz CT molecular complexity index is 1210. The van der Waals surface area contributed by atoms with E-state index in [1.165, 1.54) is 30.6 Å². The van der Waals surface area contributed by atoms with Crippen LogP contribution in [0.3, 0.4) is 0 Å². The molecule has 2 N–H and O–H groups in total. The van der Waals surface area contributed by atoms with Crippen molar-refractivity contribution in [2.75, 3.05) is 5.32 Å². The molecule has 0 amide bonds. The van der Waals surface area contributed by atoms with Gasteiger partial charge in [0.05, 0.1) is 17.7 Å². The lowest BCUT2D eigenvalue weighted by atomic mass is 10.1. The average Bonchev–Trinajstić information content (AvgIpc) is 3.12. The average molecular weight is 415 g/mol. The zero-order valence-corrected chi connectivity index (χ0v) is 15.7. The van der Waals surface area contributed by atoms with E-state index in [1.54, 1.807) is 30.1 Å². The van der Waals surface area contributed by atoms with E-state index in [4.69, 9.17) is 4.74 Å². The van der Waals surface area contributed by atoms with Crippen LogP contribution in [0.15, 0.2) is 55.0 Å². The number of nitrogens with zero attached hydrogens (tertiary/aromatic N) is 4. The van der Waals surface area contributed by atoms with Crippen molar-refractivity contribution in [1.29, 1.82) is 0 Å². The number of rotatable bonds is 5. The molecule has 0 atom stereocenters. The summed E-state index contributed by atoms with van der Waals surface area (Å²) in [6.45, 7) is -0.595. The number of aliphatic hydroxyl groups excluding tert-OH is 1. The first-order valence-corrected chi connectivity index (χ1v) is 8.84. The molecule has 0 unspecified atom stereocenters. The van der Waals surface area contributed by atoms with Gasteiger partial charge in [0.2, 0.25) is 0 Å². The minimum atomic E-state index is -4.63. The van der Waals surface area contributed by atoms with Crippen molar-refractivity contribution in [3.05, 3.63) is 66.1 Å². The third-order valence-corrected chi connectivity index (χ3v) is 4.36. The Kier molecular flexibility index (Phi) is 5.00. The molecule has 4 aromatic rings. The normalized spacial score (nSPS) is 11.6. The number of nitrogens with one attached hydrogen (secondary N) is 1. The summed E-state index contributed by atoms with van der Waals surface area (Å²) in [5.41, 5.74) is -0.367. The first kappa shape index (κ1) is 19.6. The predicted octanol–water partition coefficient (Wildman–Crippen LogP) is 4.41. The van der Waals surface area contributed by atoms with E-state index in [-0.39, 0.29) is 11.3 Å². The highest BCUT2D eigenvalue weighted by atomic mass is 19.4. The SMILES string of the molecule is Cn1ccc(Nc2ncnc3ccc(Oc4c(CO)cccc4C(F)(F)F)cc23)n1. The summed E-state index contributed by atoms with van der Waals surface area (Å²) in [6, 6.07) is 9.93. The highest BCUT2D eigenvalue weighted by molar-refractivity contribution is 5.91. The molecule has 0 spiro atoms. The molecule has 0 bridgehead atoms. The molecule has 10 heteroatoms. The van der Waals surface area contributed by atoms with Crippen LogP contribution < -0.4 is 10.1 Å². The molecule has 0 fully saturated rings. The summed E-state index contributed by atoms with van der Waals surface area (Å²) in [5.74, 6) is 0.681. The Morgan fingerprint density at radius 3 is 2.67 bits per heavy atom. The van der Waals surface area contributed by atoms with Crippen molar-refractivity contribution in [1.82, 2.24) is 19.7 Å². The molecular formula is C20H16F3N5O2. The summed E-state index contributed by atoms with van der Waals surface area (Å²) >= 11 is 0. The van der Waals surface area contributed by atoms with Crippen LogP contribution in [0.25, 0.3) is 10.9 Å². The van der Waals surface area contributed by atoms with Crippen LogP contribution in [0.2, 0.25) is 0 Å². The summed E-state index contributed by atoms with van der Waals surface area (Å²) in [5, 5.41) is 17.3. The Hall–Kier alpha value is -3.66. The highest BCUT2D eigenvalue weighted by Gasteiger charge is 2.35. The van der Waals surface area contributed by atoms with Crippen LogP contribution in [-0.4, -0.2) is 24.9 Å². The van der Waals surface area contributed by atoms with Crippen LogP contribution in [0.5, 0.6) is 11.5 Å². The predicted molar refractivity (Wildman–Crippen MR) is 103 cm³/mol. The molecule has 154 valence electrons. The van der Waals surface area contributed by atoms with Gasteiger partial charge in [-0.05, 0) is 24.3 Å². The van der Waals surface area contributed by atoms with Gasteiger partial charge in [-0.15, -0.1) is 0 Å². The van der Waals surface area contributed by atoms with Crippen LogP contribution >= 0.6 is 0 Å². The Labute approximate surface area is 168 Å². The van der Waals surface area contributed by atoms with Gasteiger partial charge in [-0.25, -0.2) is 9.97 Å². The minimum absolute atomic E-state index is 0.0288. The third kappa shape index (κ3) is 3.90. The maximum absolute atomic E-state index is 13.4. The second kappa shape index (κ2) is 7.64. The zero-order chi connectivity index (χ0) is 21.3. The van der Waals surface area contributed by atoms with E-state index in [1.807, 2.05) is 0 Å². The topological polar surface area (TPSA) is 85.1 Å². The van der Waals surface area contributed by atoms with Crippen LogP contribution in [0, 0.1) is 0 Å². The monoisotopic (exact) mass is 415 g/mol. The number of ether oxygens (including phenoxy) is 1. The van der Waals surface area contributed by atoms with E-state index in [9.17, 15) is 18.3 Å². The van der Waals surface area contributed by atoms with Gasteiger partial charge in [0.15, 0.2) is 5.82 Å². The van der Waals surface area contributed by atoms with Gasteiger partial charge in [-0.1, -0.05) is 12.1 Å². The molecule has 0 aliphatic carbocycles. The van der Waals surface area contributed by atoms with E-state index in [0.29, 0.717) is 22.5 Å². The number of fused-ring (bicyclic) bond motifs is 1. The highest BCUT2D eigenvalue weighted by Crippen LogP contribution is 2.41. The van der Waals surface area contributed by atoms with Gasteiger partial charge < -0.3 is 15.2 Å². The van der Waals surface area contributed by atoms with Crippen molar-refractivity contribution < 1.29 is 23.0 Å². The first-order chi connectivity index (χ1) is 14.3. The molecule has 0 saturated carbocycles. The van der Waals surface area contributed by atoms with Crippen molar-refractivity contribution in [2.45, 2.75) is 12.8 Å². The second-order valence-corrected chi connectivity index (χ2v) is 6.45. The summed E-state index contributed by atoms with van der Waals surface area (Å²) in [4.78, 5) is 8.38. The number of anilines is 2. The molecule has 7 nitrogen and oxygen atoms in total. The molecule has 0 saturated heterocycles. The molecule has 2 heterocycles. The maximum Gasteiger partial charge on any atom is 0.419 e. The Morgan fingerprint density at radius 1 is 1.13 bits per heavy atom. The van der Waals surface area contributed by atoms with Gasteiger partial charge in [-0.2, -0.15) is 18.3 Å². The molecule has 2 aromatic heterocycles. The van der Waals surface area contributed by atoms with Gasteiger partial charge in [0.25, 0.3) is 0 Å². The molecular weight excluding hydrogens is 399 g/mol. The standard InChI is InChI=1S/C20H16F3N5O2/c1-28-8-7-17(27-28)26-19-14-9-13(5-6-16(14)24-11-25-19)30-18-12(10-29)3-2-4-15(18)20(21,22)23/h2-9,11,29H,10H2,1H3,(H,24,25,26,27). The third-order valence-electron chi connectivity index (χ3n) is 4.36. The number of aliphatic hydroxyl groups is 1. The molecule has 0 radical (unpaired) electrons. The van der Waals surface area contributed by atoms with Gasteiger partial charge in [-0.3, -0.25) is 4.68 Å². The van der Waals surface area contributed by atoms with Gasteiger partial charge in [0, 0.05) is 30.3 Å². The lowest BCUT2D eigenvalue weighted by molar-refractivity contribution is -0.138. The fraction of sp³-hybridized carbons (Fsp3) is 0.150. The molecule has 0 aliphatic heterocycles. The Balaban J connectivity index is 1.75. The van der Waals surface area contributed by atoms with E-state index in [0.717, 1.165) is 6.07 Å². The first-order valence-electron chi connectivity index (χ1n) is 8.84. The number of halogens is 3. The number of para-hydroxylation sites is 1. The fourth-order valence-corrected chi connectivity index (χ4v) is 2.97. The maximum atomic E-state index is 13.4. The van der Waals surface area contributed by atoms with E-state index in [2.05, 4.69) is 20.4 Å². The zero-order valence-electron chi connectivity index (χ0n) is 15.7. The lowest BCUT2D eigenvalue weighted by Crippen LogP contribution is -2.09. The number of hydrogen-bond donors (Lipinski definition) is 2. The number of aromatic nitrogens is 4. The summed E-state index contributed by atoms with van der Waals surface area (Å²) in [7, 11) is 1.77. The van der Waals surface area contributed by atoms with Crippen molar-refractivity contribution in [3.63, 3.8) is 0 Å². The number of alkyl halides is 3. The summed E-state index contributed by atoms with van der Waals surface area (Å²) in [6.07, 6.45) is -1.51. The van der Waals surface area contributed by atoms with Crippen molar-refractivity contribution in [3.8, 4) is 11.5 Å². The van der Waals surface area contributed by atoms with Crippen molar-refractivity contribution in [2.24, 2.45) is 7.05 Å². The van der Waals surface area contributed by atoms with Gasteiger partial charge >= 0.3 is 6.18 Å². The lowest BCUT2D eigenvalue weighted by Gasteiger charge is -2.17. The van der Waals surface area contributed by atoms with Crippen LogP contribution in [-0.2, 0) is 19.8 Å². The second-order valence-electron chi connectivity index (χ2n) is 6.45. The van der Waals surface area contributed by atoms with Crippen molar-refractivity contribution >= 4 is 22.5 Å². The van der Waals surface area contributed by atoms with Gasteiger partial charge in [0.1, 0.15) is 23.6 Å². The van der Waals surface area contributed by atoms with E-state index < -0.39 is 24.1 Å². The summed E-state index contributed by atoms with van der Waals surface area (Å²) < 4.78 is 47.5. The molecule has 2 aromatic carbocycles. The molecule has 4 rings (SSSR count). The number of benzene rings is 2. The number of hydrogen-bond acceptors (Lipinski definition) is 6. The quantitative estimate of drug-likeness (QED) is 0.502. The smallest absolute Gasteiger partial charge is 0.419 e. The molecule has 0 aliphatic rings. The minimum Gasteiger partial charge on any atom is -0.456 e. The van der Waals surface area contributed by atoms with Crippen LogP contribution in [0.1, 0.15) is 11.1 Å². The number of aryl methyl sites for hydroxylation is 1. The van der Waals surface area contributed by atoms with Crippen LogP contribution in [0.4, 0.5) is 24.8 Å². The molecule has 30 heavy (non-hydrogen) atoms. The van der Waals surface area contributed by atoms with E-state index >= 15 is 0 Å². The Morgan fingerprint density at radius 2 is 1.97 bits per heavy atom.